The fourth-order valence-electron chi connectivity index (χ4n) is 6.57. The summed E-state index contributed by atoms with van der Waals surface area (Å²) in [5.41, 5.74) is 16.6. The van der Waals surface area contributed by atoms with Gasteiger partial charge in [-0.1, -0.05) is 59.6 Å². The molecular weight excluding hydrogens is 586 g/mol. The van der Waals surface area contributed by atoms with Gasteiger partial charge < -0.3 is 20.1 Å². The van der Waals surface area contributed by atoms with E-state index in [1.54, 1.807) is 17.6 Å². The summed E-state index contributed by atoms with van der Waals surface area (Å²) in [6.07, 6.45) is 14.7. The minimum Gasteiger partial charge on any atom is -0.458 e. The lowest BCUT2D eigenvalue weighted by molar-refractivity contribution is -0.172. The van der Waals surface area contributed by atoms with E-state index in [0.29, 0.717) is 41.2 Å². The standard InChI is InChI=1S/C40H49N3O4/c1-8-40(46)33-21-34-37-30(22-43(34)38(44)32(33)23-47-39(40)45)20-31-35(41)28(17-15-26(6)13-9-11-24(2)3)19-29(36(31)42-37)18-16-27(7)14-10-12-25(4)5/h11-12,15-16,19-21,46H,8-10,13-14,17-18,22-23,41H2,1-7H3/b26-15+,27-16+/t40-/m0/s1. The van der Waals surface area contributed by atoms with Gasteiger partial charge in [-0.3, -0.25) is 4.79 Å². The average molecular weight is 636 g/mol. The summed E-state index contributed by atoms with van der Waals surface area (Å²) in [5.74, 6) is -0.725. The van der Waals surface area contributed by atoms with Crippen LogP contribution in [0.4, 0.5) is 5.69 Å². The highest BCUT2D eigenvalue weighted by molar-refractivity contribution is 5.97. The second-order valence-electron chi connectivity index (χ2n) is 13.8. The van der Waals surface area contributed by atoms with Crippen molar-refractivity contribution in [2.75, 3.05) is 5.73 Å². The number of carbonyl (C=O) groups is 1. The van der Waals surface area contributed by atoms with Crippen LogP contribution in [0.2, 0.25) is 0 Å². The zero-order valence-electron chi connectivity index (χ0n) is 29.0. The number of aliphatic hydroxyl groups is 1. The Morgan fingerprint density at radius 3 is 2.15 bits per heavy atom. The Hall–Kier alpha value is -4.23. The van der Waals surface area contributed by atoms with Gasteiger partial charge in [-0.05, 0) is 110 Å². The van der Waals surface area contributed by atoms with Crippen molar-refractivity contribution in [3.05, 3.63) is 103 Å². The number of pyridine rings is 2. The van der Waals surface area contributed by atoms with Crippen LogP contribution in [0.1, 0.15) is 108 Å². The molecule has 47 heavy (non-hydrogen) atoms. The topological polar surface area (TPSA) is 107 Å². The maximum atomic E-state index is 13.7. The van der Waals surface area contributed by atoms with E-state index in [9.17, 15) is 14.7 Å². The number of cyclic esters (lactones) is 1. The van der Waals surface area contributed by atoms with Gasteiger partial charge >= 0.3 is 5.97 Å². The first-order valence-electron chi connectivity index (χ1n) is 16.8. The second kappa shape index (κ2) is 13.9. The number of rotatable bonds is 11. The lowest BCUT2D eigenvalue weighted by Crippen LogP contribution is -2.44. The molecule has 2 aliphatic heterocycles. The molecule has 248 valence electrons. The van der Waals surface area contributed by atoms with E-state index in [4.69, 9.17) is 15.5 Å². The van der Waals surface area contributed by atoms with Crippen LogP contribution in [0.3, 0.4) is 0 Å². The molecule has 0 saturated carbocycles. The molecule has 0 radical (unpaired) electrons. The summed E-state index contributed by atoms with van der Waals surface area (Å²) >= 11 is 0. The number of benzene rings is 1. The van der Waals surface area contributed by atoms with Crippen molar-refractivity contribution < 1.29 is 14.6 Å². The van der Waals surface area contributed by atoms with E-state index < -0.39 is 11.6 Å². The summed E-state index contributed by atoms with van der Waals surface area (Å²) in [7, 11) is 0. The molecule has 1 aromatic carbocycles. The summed E-state index contributed by atoms with van der Waals surface area (Å²) in [4.78, 5) is 31.5. The Morgan fingerprint density at radius 2 is 1.55 bits per heavy atom. The van der Waals surface area contributed by atoms with Gasteiger partial charge in [-0.15, -0.1) is 0 Å². The van der Waals surface area contributed by atoms with Crippen molar-refractivity contribution in [3.63, 3.8) is 0 Å². The van der Waals surface area contributed by atoms with Crippen molar-refractivity contribution in [2.24, 2.45) is 0 Å². The largest absolute Gasteiger partial charge is 0.458 e. The summed E-state index contributed by atoms with van der Waals surface area (Å²) in [5, 5.41) is 12.2. The highest BCUT2D eigenvalue weighted by Crippen LogP contribution is 2.40. The molecule has 0 saturated heterocycles. The van der Waals surface area contributed by atoms with Crippen molar-refractivity contribution in [1.82, 2.24) is 9.55 Å². The summed E-state index contributed by atoms with van der Waals surface area (Å²) < 4.78 is 6.91. The van der Waals surface area contributed by atoms with Crippen molar-refractivity contribution in [2.45, 2.75) is 112 Å². The van der Waals surface area contributed by atoms with Crippen molar-refractivity contribution in [3.8, 4) is 11.4 Å². The Balaban J connectivity index is 1.61. The predicted octanol–water partition coefficient (Wildman–Crippen LogP) is 8.13. The number of allylic oxidation sites excluding steroid dienone is 8. The van der Waals surface area contributed by atoms with Crippen molar-refractivity contribution in [1.29, 1.82) is 0 Å². The highest BCUT2D eigenvalue weighted by Gasteiger charge is 2.45. The molecule has 3 N–H and O–H groups in total. The molecule has 7 heteroatoms. The summed E-state index contributed by atoms with van der Waals surface area (Å²) in [6.45, 7) is 14.8. The number of nitrogens with zero attached hydrogens (tertiary/aromatic N) is 2. The Kier molecular flexibility index (Phi) is 10.1. The smallest absolute Gasteiger partial charge is 0.343 e. The van der Waals surface area contributed by atoms with Crippen LogP contribution in [0.15, 0.2) is 69.6 Å². The van der Waals surface area contributed by atoms with Gasteiger partial charge in [0.25, 0.3) is 5.56 Å². The Labute approximate surface area is 278 Å². The van der Waals surface area contributed by atoms with Crippen LogP contribution in [0, 0.1) is 0 Å². The molecule has 3 aromatic rings. The number of fused-ring (bicyclic) bond motifs is 5. The van der Waals surface area contributed by atoms with Gasteiger partial charge in [0.1, 0.15) is 6.61 Å². The molecule has 4 heterocycles. The molecule has 2 aromatic heterocycles. The van der Waals surface area contributed by atoms with E-state index in [1.165, 1.54) is 22.3 Å². The molecular formula is C40H49N3O4. The van der Waals surface area contributed by atoms with Crippen LogP contribution < -0.4 is 11.3 Å². The third kappa shape index (κ3) is 6.91. The number of nitrogen functional groups attached to an aromatic ring is 1. The van der Waals surface area contributed by atoms with Gasteiger partial charge in [0.2, 0.25) is 0 Å². The SMILES string of the molecule is CC[C@@]1(O)C(=O)OCc2c1cc1n(c2=O)Cc2cc3c(N)c(C/C=C(\C)CCC=C(C)C)cc(C/C=C(\C)CCC=C(C)C)c3nc2-1. The fourth-order valence-corrected chi connectivity index (χ4v) is 6.57. The molecule has 0 aliphatic carbocycles. The Morgan fingerprint density at radius 1 is 0.936 bits per heavy atom. The van der Waals surface area contributed by atoms with E-state index in [-0.39, 0.29) is 18.6 Å². The number of carbonyl (C=O) groups excluding carboxylic acids is 1. The number of hydrogen-bond donors (Lipinski definition) is 2. The molecule has 1 atom stereocenters. The van der Waals surface area contributed by atoms with E-state index >= 15 is 0 Å². The molecule has 5 rings (SSSR count). The first-order valence-corrected chi connectivity index (χ1v) is 16.8. The van der Waals surface area contributed by atoms with Gasteiger partial charge in [0, 0.05) is 22.2 Å². The van der Waals surface area contributed by atoms with Crippen LogP contribution in [0.25, 0.3) is 22.3 Å². The predicted molar refractivity (Wildman–Crippen MR) is 191 cm³/mol. The first-order chi connectivity index (χ1) is 22.3. The molecule has 0 fully saturated rings. The maximum absolute atomic E-state index is 13.7. The molecule has 0 amide bonds. The number of ether oxygens (including phenoxy) is 1. The lowest BCUT2D eigenvalue weighted by atomic mass is 9.86. The van der Waals surface area contributed by atoms with Gasteiger partial charge in [0.05, 0.1) is 29.0 Å². The Bertz CT molecular complexity index is 1920. The van der Waals surface area contributed by atoms with E-state index in [0.717, 1.165) is 59.7 Å². The number of esters is 1. The molecule has 0 bridgehead atoms. The van der Waals surface area contributed by atoms with Gasteiger partial charge in [-0.25, -0.2) is 9.78 Å². The molecule has 0 unspecified atom stereocenters. The molecule has 0 spiro atoms. The van der Waals surface area contributed by atoms with Crippen LogP contribution in [0.5, 0.6) is 0 Å². The van der Waals surface area contributed by atoms with Gasteiger partial charge in [0.15, 0.2) is 5.60 Å². The zero-order valence-corrected chi connectivity index (χ0v) is 29.0. The maximum Gasteiger partial charge on any atom is 0.343 e. The first kappa shape index (κ1) is 34.1. The average Bonchev–Trinajstić information content (AvgIpc) is 3.39. The fraction of sp³-hybridized carbons (Fsp3) is 0.425. The normalized spacial score (nSPS) is 17.2. The van der Waals surface area contributed by atoms with Crippen LogP contribution >= 0.6 is 0 Å². The number of anilines is 1. The minimum absolute atomic E-state index is 0.103. The highest BCUT2D eigenvalue weighted by atomic mass is 16.6. The van der Waals surface area contributed by atoms with Gasteiger partial charge in [-0.2, -0.15) is 0 Å². The molecule has 7 nitrogen and oxygen atoms in total. The number of aromatic nitrogens is 2. The quantitative estimate of drug-likeness (QED) is 0.0979. The monoisotopic (exact) mass is 635 g/mol. The van der Waals surface area contributed by atoms with Crippen LogP contribution in [-0.2, 0) is 41.1 Å². The third-order valence-electron chi connectivity index (χ3n) is 9.53. The van der Waals surface area contributed by atoms with Crippen molar-refractivity contribution >= 4 is 22.6 Å². The number of hydrogen-bond acceptors (Lipinski definition) is 6. The van der Waals surface area contributed by atoms with E-state index in [2.05, 4.69) is 78.0 Å². The van der Waals surface area contributed by atoms with Crippen LogP contribution in [-0.4, -0.2) is 20.6 Å². The minimum atomic E-state index is -1.86. The summed E-state index contributed by atoms with van der Waals surface area (Å²) in [6, 6.07) is 6.03. The van der Waals surface area contributed by atoms with E-state index in [1.807, 2.05) is 0 Å². The third-order valence-corrected chi connectivity index (χ3v) is 9.53. The lowest BCUT2D eigenvalue weighted by Gasteiger charge is -2.31. The molecule has 2 aliphatic rings. The second-order valence-corrected chi connectivity index (χ2v) is 13.8. The zero-order chi connectivity index (χ0) is 34.0. The number of nitrogens with two attached hydrogens (primary N) is 1.